The minimum Gasteiger partial charge on any atom is -0.387 e. The molecule has 0 aliphatic rings. The SMILES string of the molecule is CCCCCCCCCCCCCCC/C=C/CC/C=C/CC/C=C/C(O)C(COP(=O)(O)OCC[N+](C)(C)C)NC(=O)CCCCCCCCCCCCCCCCCCCCCCCCCCCCCCCCC. The highest BCUT2D eigenvalue weighted by molar-refractivity contribution is 7.47. The molecule has 0 fully saturated rings. The van der Waals surface area contributed by atoms with Crippen molar-refractivity contribution in [2.45, 2.75) is 347 Å². The highest BCUT2D eigenvalue weighted by Gasteiger charge is 2.28. The lowest BCUT2D eigenvalue weighted by molar-refractivity contribution is -0.870. The molecule has 0 aromatic carbocycles. The second kappa shape index (κ2) is 58.4. The number of phosphoric acid groups is 1. The summed E-state index contributed by atoms with van der Waals surface area (Å²) in [5.74, 6) is -0.184. The monoisotopic (exact) mass is 1090 g/mol. The summed E-state index contributed by atoms with van der Waals surface area (Å²) in [5, 5.41) is 14.0. The minimum atomic E-state index is -4.36. The zero-order chi connectivity index (χ0) is 55.6. The Morgan fingerprint density at radius 2 is 0.724 bits per heavy atom. The number of allylic oxidation sites excluding steroid dienone is 5. The number of carbonyl (C=O) groups is 1. The highest BCUT2D eigenvalue weighted by Crippen LogP contribution is 2.43. The van der Waals surface area contributed by atoms with Crippen molar-refractivity contribution in [3.05, 3.63) is 36.5 Å². The first-order valence-electron chi connectivity index (χ1n) is 33.4. The van der Waals surface area contributed by atoms with E-state index in [0.717, 1.165) is 44.9 Å². The summed E-state index contributed by atoms with van der Waals surface area (Å²) in [6, 6.07) is -0.869. The van der Waals surface area contributed by atoms with E-state index in [0.29, 0.717) is 17.4 Å². The first-order chi connectivity index (χ1) is 37.0. The number of nitrogens with zero attached hydrogens (tertiary/aromatic N) is 1. The van der Waals surface area contributed by atoms with Gasteiger partial charge in [-0.05, 0) is 44.9 Å². The lowest BCUT2D eigenvalue weighted by Crippen LogP contribution is -2.45. The van der Waals surface area contributed by atoms with Crippen LogP contribution in [0, 0.1) is 0 Å². The third kappa shape index (κ3) is 60.4. The third-order valence-corrected chi connectivity index (χ3v) is 16.3. The van der Waals surface area contributed by atoms with Crippen LogP contribution in [0.15, 0.2) is 36.5 Å². The van der Waals surface area contributed by atoms with Crippen LogP contribution in [0.4, 0.5) is 0 Å². The number of carbonyl (C=O) groups excluding carboxylic acids is 1. The van der Waals surface area contributed by atoms with Crippen molar-refractivity contribution < 1.29 is 32.9 Å². The summed E-state index contributed by atoms with van der Waals surface area (Å²) in [6.45, 7) is 4.84. The molecule has 0 aliphatic heterocycles. The molecule has 0 aromatic rings. The standard InChI is InChI=1S/C67H131N2O6P/c1-6-8-10-12-14-16-18-20-22-24-26-28-30-31-32-33-34-35-36-37-39-41-43-45-47-49-51-53-55-57-59-61-67(71)68-65(64-75-76(72,73)74-63-62-69(3,4)5)66(70)60-58-56-54-52-50-48-46-44-42-40-38-29-27-25-23-21-19-17-15-13-11-9-7-2/h42,44,50,52,58,60,65-66,70H,6-41,43,45-49,51,53-57,59,61-64H2,1-5H3,(H-,68,71,72,73)/p+1/b44-42+,52-50+,60-58+. The molecule has 0 rings (SSSR count). The molecule has 9 heteroatoms. The van der Waals surface area contributed by atoms with Crippen LogP contribution in [0.3, 0.4) is 0 Å². The minimum absolute atomic E-state index is 0.0553. The van der Waals surface area contributed by atoms with Crippen LogP contribution in [-0.2, 0) is 18.4 Å². The first-order valence-corrected chi connectivity index (χ1v) is 34.9. The van der Waals surface area contributed by atoms with Crippen molar-refractivity contribution in [3.8, 4) is 0 Å². The molecule has 3 N–H and O–H groups in total. The molecular weight excluding hydrogens is 960 g/mol. The van der Waals surface area contributed by atoms with E-state index in [9.17, 15) is 19.4 Å². The molecule has 0 heterocycles. The van der Waals surface area contributed by atoms with E-state index in [1.807, 2.05) is 27.2 Å². The Labute approximate surface area is 474 Å². The van der Waals surface area contributed by atoms with Gasteiger partial charge in [0.1, 0.15) is 13.2 Å². The number of amides is 1. The molecule has 0 radical (unpaired) electrons. The fraction of sp³-hybridized carbons (Fsp3) is 0.896. The van der Waals surface area contributed by atoms with E-state index >= 15 is 0 Å². The van der Waals surface area contributed by atoms with Gasteiger partial charge in [-0.15, -0.1) is 0 Å². The third-order valence-electron chi connectivity index (χ3n) is 15.3. The first kappa shape index (κ1) is 74.7. The number of hydrogen-bond donors (Lipinski definition) is 3. The summed E-state index contributed by atoms with van der Waals surface area (Å²) < 4.78 is 23.8. The normalized spacial score (nSPS) is 13.9. The van der Waals surface area contributed by atoms with Crippen molar-refractivity contribution in [1.29, 1.82) is 0 Å². The topological polar surface area (TPSA) is 105 Å². The van der Waals surface area contributed by atoms with Gasteiger partial charge < -0.3 is 19.8 Å². The van der Waals surface area contributed by atoms with Gasteiger partial charge in [0, 0.05) is 6.42 Å². The van der Waals surface area contributed by atoms with E-state index in [-0.39, 0.29) is 19.1 Å². The van der Waals surface area contributed by atoms with E-state index in [1.54, 1.807) is 6.08 Å². The van der Waals surface area contributed by atoms with E-state index < -0.39 is 20.0 Å². The van der Waals surface area contributed by atoms with Gasteiger partial charge in [-0.2, -0.15) is 0 Å². The number of nitrogens with one attached hydrogen (secondary N) is 1. The summed E-state index contributed by atoms with van der Waals surface area (Å²) in [5.41, 5.74) is 0. The Balaban J connectivity index is 4.10. The molecular formula is C67H132N2O6P+. The number of likely N-dealkylation sites (N-methyl/N-ethyl adjacent to an activating group) is 1. The molecule has 0 aromatic heterocycles. The van der Waals surface area contributed by atoms with Crippen LogP contribution in [0.1, 0.15) is 335 Å². The number of quaternary nitrogens is 1. The predicted octanol–water partition coefficient (Wildman–Crippen LogP) is 20.9. The molecule has 0 saturated carbocycles. The van der Waals surface area contributed by atoms with Gasteiger partial charge in [-0.3, -0.25) is 13.8 Å². The Morgan fingerprint density at radius 3 is 1.05 bits per heavy atom. The van der Waals surface area contributed by atoms with Crippen LogP contribution >= 0.6 is 7.82 Å². The van der Waals surface area contributed by atoms with Crippen molar-refractivity contribution in [2.24, 2.45) is 0 Å². The molecule has 0 aliphatic carbocycles. The van der Waals surface area contributed by atoms with Gasteiger partial charge in [-0.25, -0.2) is 4.57 Å². The van der Waals surface area contributed by atoms with Gasteiger partial charge in [0.15, 0.2) is 0 Å². The van der Waals surface area contributed by atoms with E-state index in [4.69, 9.17) is 9.05 Å². The van der Waals surface area contributed by atoms with Crippen molar-refractivity contribution in [2.75, 3.05) is 40.9 Å². The molecule has 3 atom stereocenters. The lowest BCUT2D eigenvalue weighted by atomic mass is 10.0. The van der Waals surface area contributed by atoms with Gasteiger partial charge in [0.05, 0.1) is 39.9 Å². The second-order valence-electron chi connectivity index (χ2n) is 24.2. The van der Waals surface area contributed by atoms with Gasteiger partial charge in [-0.1, -0.05) is 320 Å². The predicted molar refractivity (Wildman–Crippen MR) is 332 cm³/mol. The van der Waals surface area contributed by atoms with Crippen molar-refractivity contribution in [3.63, 3.8) is 0 Å². The lowest BCUT2D eigenvalue weighted by Gasteiger charge is -2.25. The maximum Gasteiger partial charge on any atom is 0.472 e. The maximum absolute atomic E-state index is 13.0. The van der Waals surface area contributed by atoms with Crippen LogP contribution in [-0.4, -0.2) is 73.4 Å². The zero-order valence-corrected chi connectivity index (χ0v) is 52.4. The Kier molecular flexibility index (Phi) is 57.4. The average molecular weight is 1090 g/mol. The zero-order valence-electron chi connectivity index (χ0n) is 51.5. The fourth-order valence-corrected chi connectivity index (χ4v) is 10.9. The molecule has 3 unspecified atom stereocenters. The summed E-state index contributed by atoms with van der Waals surface area (Å²) in [6.07, 6.45) is 77.2. The largest absolute Gasteiger partial charge is 0.472 e. The van der Waals surface area contributed by atoms with Gasteiger partial charge >= 0.3 is 7.82 Å². The number of rotatable bonds is 62. The summed E-state index contributed by atoms with van der Waals surface area (Å²) >= 11 is 0. The number of hydrogen-bond acceptors (Lipinski definition) is 5. The van der Waals surface area contributed by atoms with Crippen molar-refractivity contribution >= 4 is 13.7 Å². The second-order valence-corrected chi connectivity index (χ2v) is 25.6. The molecule has 0 saturated heterocycles. The van der Waals surface area contributed by atoms with Crippen LogP contribution in [0.25, 0.3) is 0 Å². The number of aliphatic hydroxyl groups is 1. The maximum atomic E-state index is 13.0. The summed E-state index contributed by atoms with van der Waals surface area (Å²) in [7, 11) is 1.56. The average Bonchev–Trinajstić information content (AvgIpc) is 3.38. The molecule has 0 bridgehead atoms. The molecule has 8 nitrogen and oxygen atoms in total. The number of phosphoric ester groups is 1. The molecule has 450 valence electrons. The number of unbranched alkanes of at least 4 members (excludes halogenated alkanes) is 45. The molecule has 1 amide bonds. The van der Waals surface area contributed by atoms with Crippen LogP contribution in [0.5, 0.6) is 0 Å². The van der Waals surface area contributed by atoms with Crippen LogP contribution in [0.2, 0.25) is 0 Å². The van der Waals surface area contributed by atoms with Gasteiger partial charge in [0.2, 0.25) is 5.91 Å². The molecule has 76 heavy (non-hydrogen) atoms. The Hall–Kier alpha value is -1.28. The Bertz CT molecular complexity index is 1330. The summed E-state index contributed by atoms with van der Waals surface area (Å²) in [4.78, 5) is 23.4. The van der Waals surface area contributed by atoms with E-state index in [2.05, 4.69) is 43.5 Å². The van der Waals surface area contributed by atoms with Crippen molar-refractivity contribution in [1.82, 2.24) is 5.32 Å². The molecule has 0 spiro atoms. The Morgan fingerprint density at radius 1 is 0.434 bits per heavy atom. The smallest absolute Gasteiger partial charge is 0.387 e. The van der Waals surface area contributed by atoms with E-state index in [1.165, 1.54) is 270 Å². The quantitative estimate of drug-likeness (QED) is 0.0243. The van der Waals surface area contributed by atoms with Crippen LogP contribution < -0.4 is 5.32 Å². The highest BCUT2D eigenvalue weighted by atomic mass is 31.2. The van der Waals surface area contributed by atoms with Gasteiger partial charge in [0.25, 0.3) is 0 Å². The fourth-order valence-electron chi connectivity index (χ4n) is 10.1. The number of aliphatic hydroxyl groups excluding tert-OH is 1.